The van der Waals surface area contributed by atoms with Crippen molar-refractivity contribution in [2.24, 2.45) is 46.3 Å². The maximum Gasteiger partial charge on any atom is 0.315 e. The number of amides is 2. The van der Waals surface area contributed by atoms with Crippen molar-refractivity contribution in [3.8, 4) is 0 Å². The second-order valence-corrected chi connectivity index (χ2v) is 17.5. The van der Waals surface area contributed by atoms with Gasteiger partial charge in [0.1, 0.15) is 6.61 Å². The van der Waals surface area contributed by atoms with E-state index in [4.69, 9.17) is 4.74 Å². The van der Waals surface area contributed by atoms with Crippen molar-refractivity contribution in [2.45, 2.75) is 148 Å². The molecule has 2 heterocycles. The van der Waals surface area contributed by atoms with E-state index in [2.05, 4.69) is 44.4 Å². The van der Waals surface area contributed by atoms with Crippen LogP contribution < -0.4 is 10.6 Å². The first-order valence-corrected chi connectivity index (χ1v) is 19.3. The standard InChI is InChI=1S/C37H60N2O3S/c1-24(2)10-9-11-25(3)28-17-18-29-27-16-15-26-12-7-8-20-37(26,30(27)19-21-36(28,29)4)23-42-33(40)14-6-5-13-32-34-31(22-43-32)38-35(41)39-34/h12,24-25,27-32,34H,5-11,13-23H2,1-4H3,(H2,38,39,41)/t25-,27+,28-,29+,30+,31+,32+,34+,36-,37-/m1/s1. The molecular formula is C37H60N2O3S. The summed E-state index contributed by atoms with van der Waals surface area (Å²) in [4.78, 5) is 24.8. The summed E-state index contributed by atoms with van der Waals surface area (Å²) in [6.45, 7) is 10.6. The lowest BCUT2D eigenvalue weighted by Crippen LogP contribution is -2.53. The molecule has 0 aromatic heterocycles. The molecule has 2 N–H and O–H groups in total. The first kappa shape index (κ1) is 31.8. The number of ether oxygens (including phenoxy) is 1. The largest absolute Gasteiger partial charge is 0.465 e. The molecular weight excluding hydrogens is 552 g/mol. The van der Waals surface area contributed by atoms with Gasteiger partial charge in [-0.1, -0.05) is 65.0 Å². The number of rotatable bonds is 12. The van der Waals surface area contributed by atoms with E-state index in [1.54, 1.807) is 5.57 Å². The average Bonchev–Trinajstić information content (AvgIpc) is 3.65. The van der Waals surface area contributed by atoms with Crippen LogP contribution in [0.4, 0.5) is 4.79 Å². The number of hydrogen-bond donors (Lipinski definition) is 2. The summed E-state index contributed by atoms with van der Waals surface area (Å²) in [5, 5.41) is 6.58. The Morgan fingerprint density at radius 3 is 2.74 bits per heavy atom. The number of esters is 1. The van der Waals surface area contributed by atoms with Crippen molar-refractivity contribution in [1.82, 2.24) is 10.6 Å². The number of urea groups is 1. The van der Waals surface area contributed by atoms with Crippen LogP contribution in [0.5, 0.6) is 0 Å². The lowest BCUT2D eigenvalue weighted by molar-refractivity contribution is -0.152. The molecule has 0 aromatic carbocycles. The molecule has 0 unspecified atom stereocenters. The fourth-order valence-corrected chi connectivity index (χ4v) is 12.9. The minimum Gasteiger partial charge on any atom is -0.465 e. The number of allylic oxidation sites excluding steroid dienone is 1. The SMILES string of the molecule is CC(C)CCC[C@@H](C)[C@H]1CC[C@H]2[C@@H]3CCC4=CCCC[C@]4(COC(=O)CCCC[C@@H]4SC[C@@H]5NC(=O)N[C@@H]54)[C@H]3CC[C@]12C. The molecule has 5 nitrogen and oxygen atoms in total. The summed E-state index contributed by atoms with van der Waals surface area (Å²) < 4.78 is 6.25. The Kier molecular flexibility index (Phi) is 9.82. The van der Waals surface area contributed by atoms with Crippen molar-refractivity contribution in [3.63, 3.8) is 0 Å². The summed E-state index contributed by atoms with van der Waals surface area (Å²) >= 11 is 1.96. The second-order valence-electron chi connectivity index (χ2n) is 16.3. The van der Waals surface area contributed by atoms with E-state index in [0.717, 1.165) is 54.6 Å². The van der Waals surface area contributed by atoms with Gasteiger partial charge in [-0.3, -0.25) is 4.79 Å². The predicted octanol–water partition coefficient (Wildman–Crippen LogP) is 8.67. The van der Waals surface area contributed by atoms with E-state index >= 15 is 0 Å². The van der Waals surface area contributed by atoms with Gasteiger partial charge in [-0.25, -0.2) is 4.79 Å². The maximum atomic E-state index is 13.1. The van der Waals surface area contributed by atoms with Crippen LogP contribution >= 0.6 is 11.8 Å². The van der Waals surface area contributed by atoms with Crippen LogP contribution in [0.3, 0.4) is 0 Å². The predicted molar refractivity (Wildman–Crippen MR) is 177 cm³/mol. The lowest BCUT2D eigenvalue weighted by Gasteiger charge is -2.59. The molecule has 43 heavy (non-hydrogen) atoms. The Hall–Kier alpha value is -1.17. The van der Waals surface area contributed by atoms with Gasteiger partial charge in [0.25, 0.3) is 0 Å². The van der Waals surface area contributed by atoms with Gasteiger partial charge in [-0.2, -0.15) is 11.8 Å². The van der Waals surface area contributed by atoms with Gasteiger partial charge in [0.2, 0.25) is 0 Å². The third-order valence-electron chi connectivity index (χ3n) is 13.5. The van der Waals surface area contributed by atoms with Gasteiger partial charge >= 0.3 is 12.0 Å². The molecule has 3 saturated carbocycles. The Morgan fingerprint density at radius 2 is 1.91 bits per heavy atom. The van der Waals surface area contributed by atoms with E-state index in [9.17, 15) is 9.59 Å². The Balaban J connectivity index is 1.04. The minimum absolute atomic E-state index is 0.00556. The van der Waals surface area contributed by atoms with Crippen LogP contribution in [0, 0.1) is 46.3 Å². The zero-order chi connectivity index (χ0) is 30.2. The van der Waals surface area contributed by atoms with Gasteiger partial charge in [0.05, 0.1) is 12.1 Å². The van der Waals surface area contributed by atoms with E-state index in [1.165, 1.54) is 77.0 Å². The van der Waals surface area contributed by atoms with Gasteiger partial charge in [0.15, 0.2) is 0 Å². The highest BCUT2D eigenvalue weighted by Gasteiger charge is 2.60. The average molecular weight is 613 g/mol. The molecule has 0 spiro atoms. The molecule has 2 saturated heterocycles. The van der Waals surface area contributed by atoms with E-state index in [0.29, 0.717) is 29.6 Å². The molecule has 0 radical (unpaired) electrons. The number of fused-ring (bicyclic) bond motifs is 6. The molecule has 6 rings (SSSR count). The molecule has 2 aliphatic heterocycles. The van der Waals surface area contributed by atoms with Crippen LogP contribution in [-0.2, 0) is 9.53 Å². The quantitative estimate of drug-likeness (QED) is 0.100. The topological polar surface area (TPSA) is 67.4 Å². The van der Waals surface area contributed by atoms with Crippen LogP contribution in [-0.4, -0.2) is 41.7 Å². The summed E-state index contributed by atoms with van der Waals surface area (Å²) in [6.07, 6.45) is 22.0. The molecule has 5 fully saturated rings. The van der Waals surface area contributed by atoms with Crippen LogP contribution in [0.15, 0.2) is 11.6 Å². The van der Waals surface area contributed by atoms with Crippen molar-refractivity contribution >= 4 is 23.8 Å². The molecule has 0 aromatic rings. The second kappa shape index (κ2) is 13.3. The number of hydrogen-bond acceptors (Lipinski definition) is 4. The van der Waals surface area contributed by atoms with E-state index in [-0.39, 0.29) is 29.5 Å². The third-order valence-corrected chi connectivity index (χ3v) is 15.0. The van der Waals surface area contributed by atoms with Gasteiger partial charge < -0.3 is 15.4 Å². The van der Waals surface area contributed by atoms with Gasteiger partial charge in [-0.15, -0.1) is 0 Å². The Morgan fingerprint density at radius 1 is 1.05 bits per heavy atom. The summed E-state index contributed by atoms with van der Waals surface area (Å²) in [6, 6.07) is 0.501. The highest BCUT2D eigenvalue weighted by Crippen LogP contribution is 2.68. The third kappa shape index (κ3) is 6.30. The monoisotopic (exact) mass is 612 g/mol. The van der Waals surface area contributed by atoms with Crippen molar-refractivity contribution < 1.29 is 14.3 Å². The van der Waals surface area contributed by atoms with Gasteiger partial charge in [0, 0.05) is 22.8 Å². The lowest BCUT2D eigenvalue weighted by atomic mass is 9.46. The molecule has 4 aliphatic carbocycles. The van der Waals surface area contributed by atoms with Crippen molar-refractivity contribution in [3.05, 3.63) is 11.6 Å². The van der Waals surface area contributed by atoms with Crippen molar-refractivity contribution in [1.29, 1.82) is 0 Å². The number of carbonyl (C=O) groups is 2. The highest BCUT2D eigenvalue weighted by molar-refractivity contribution is 8.00. The summed E-state index contributed by atoms with van der Waals surface area (Å²) in [7, 11) is 0. The zero-order valence-electron chi connectivity index (χ0n) is 27.6. The normalized spacial score (nSPS) is 40.5. The molecule has 6 heteroatoms. The molecule has 6 aliphatic rings. The minimum atomic E-state index is -0.0219. The number of nitrogens with one attached hydrogen (secondary N) is 2. The summed E-state index contributed by atoms with van der Waals surface area (Å²) in [5.74, 6) is 5.90. The summed E-state index contributed by atoms with van der Waals surface area (Å²) in [5.41, 5.74) is 2.25. The zero-order valence-corrected chi connectivity index (χ0v) is 28.5. The molecule has 2 amide bonds. The van der Waals surface area contributed by atoms with Crippen LogP contribution in [0.1, 0.15) is 130 Å². The first-order valence-electron chi connectivity index (χ1n) is 18.2. The molecule has 242 valence electrons. The smallest absolute Gasteiger partial charge is 0.315 e. The maximum absolute atomic E-state index is 13.1. The van der Waals surface area contributed by atoms with Crippen LogP contribution in [0.2, 0.25) is 0 Å². The Bertz CT molecular complexity index is 1040. The number of carbonyl (C=O) groups excluding carboxylic acids is 2. The van der Waals surface area contributed by atoms with Crippen molar-refractivity contribution in [2.75, 3.05) is 12.4 Å². The van der Waals surface area contributed by atoms with Gasteiger partial charge in [-0.05, 0) is 112 Å². The number of unbranched alkanes of at least 4 members (excludes halogenated alkanes) is 1. The number of thioether (sulfide) groups is 1. The van der Waals surface area contributed by atoms with E-state index < -0.39 is 0 Å². The highest BCUT2D eigenvalue weighted by atomic mass is 32.2. The fraction of sp³-hybridized carbons (Fsp3) is 0.892. The fourth-order valence-electron chi connectivity index (χ4n) is 11.4. The Labute approximate surface area is 266 Å². The molecule has 10 atom stereocenters. The molecule has 0 bridgehead atoms. The van der Waals surface area contributed by atoms with E-state index in [1.807, 2.05) is 11.8 Å². The van der Waals surface area contributed by atoms with Crippen LogP contribution in [0.25, 0.3) is 0 Å². The first-order chi connectivity index (χ1) is 20.7.